The van der Waals surface area contributed by atoms with Crippen molar-refractivity contribution >= 4 is 40.7 Å². The average molecular weight is 431 g/mol. The molecule has 1 radical (unpaired) electrons. The maximum atomic E-state index is 10.1. The van der Waals surface area contributed by atoms with Crippen molar-refractivity contribution in [3.63, 3.8) is 0 Å². The van der Waals surface area contributed by atoms with Gasteiger partial charge in [0.2, 0.25) is 0 Å². The van der Waals surface area contributed by atoms with Gasteiger partial charge in [-0.3, -0.25) is 0 Å². The second-order valence-corrected chi connectivity index (χ2v) is 12.2. The molecule has 2 aromatic carbocycles. The first kappa shape index (κ1) is 17.5. The third-order valence-corrected chi connectivity index (χ3v) is 10.7. The number of aromatic nitrogens is 1. The maximum absolute atomic E-state index is 10.1. The van der Waals surface area contributed by atoms with Crippen molar-refractivity contribution < 1.29 is 9.90 Å². The van der Waals surface area contributed by atoms with Gasteiger partial charge in [-0.05, 0) is 12.1 Å². The molecule has 0 saturated heterocycles. The summed E-state index contributed by atoms with van der Waals surface area (Å²) < 4.78 is 2.67. The average Bonchev–Trinajstić information content (AvgIpc) is 2.64. The van der Waals surface area contributed by atoms with E-state index in [0.29, 0.717) is 0 Å². The second-order valence-electron chi connectivity index (χ2n) is 4.57. The zero-order valence-corrected chi connectivity index (χ0v) is 15.9. The number of rotatable bonds is 3. The van der Waals surface area contributed by atoms with Gasteiger partial charge in [0, 0.05) is 6.20 Å². The van der Waals surface area contributed by atoms with Gasteiger partial charge in [0.05, 0.1) is 0 Å². The fourth-order valence-corrected chi connectivity index (χ4v) is 7.24. The summed E-state index contributed by atoms with van der Waals surface area (Å²) in [6.07, 6.45) is 1.45. The van der Waals surface area contributed by atoms with E-state index < -0.39 is 24.6 Å². The monoisotopic (exact) mass is 432 g/mol. The molecule has 23 heavy (non-hydrogen) atoms. The molecule has 1 aromatic heterocycles. The van der Waals surface area contributed by atoms with Crippen LogP contribution in [0.25, 0.3) is 0 Å². The number of carbonyl (C=O) groups is 1. The molecule has 0 saturated carbocycles. The van der Waals surface area contributed by atoms with Gasteiger partial charge in [-0.25, -0.2) is 9.78 Å². The van der Waals surface area contributed by atoms with Gasteiger partial charge in [-0.2, -0.15) is 0 Å². The molecule has 0 atom stereocenters. The van der Waals surface area contributed by atoms with E-state index in [1.165, 1.54) is 19.4 Å². The fraction of sp³-hybridized carbons (Fsp3) is 0. The summed E-state index contributed by atoms with van der Waals surface area (Å²) in [4.78, 5) is 13.7. The summed E-state index contributed by atoms with van der Waals surface area (Å²) in [6.45, 7) is 0. The van der Waals surface area contributed by atoms with Crippen LogP contribution in [0.3, 0.4) is 0 Å². The number of hydrogen-bond donors (Lipinski definition) is 1. The predicted octanol–water partition coefficient (Wildman–Crippen LogP) is 2.81. The molecule has 3 nitrogen and oxygen atoms in total. The Kier molecular flexibility index (Phi) is 7.10. The Morgan fingerprint density at radius 3 is 1.65 bits per heavy atom. The molecule has 3 rings (SSSR count). The van der Waals surface area contributed by atoms with Crippen molar-refractivity contribution in [2.24, 2.45) is 0 Å². The van der Waals surface area contributed by atoms with Crippen LogP contribution in [0.2, 0.25) is 0 Å². The van der Waals surface area contributed by atoms with Crippen molar-refractivity contribution in [2.45, 2.75) is 0 Å². The molecule has 0 aliphatic rings. The first-order chi connectivity index (χ1) is 11.2. The van der Waals surface area contributed by atoms with Gasteiger partial charge in [-0.15, -0.1) is 0 Å². The molecule has 0 fully saturated rings. The zero-order valence-electron chi connectivity index (χ0n) is 12.3. The molecule has 0 amide bonds. The minimum absolute atomic E-state index is 0.0810. The van der Waals surface area contributed by atoms with Gasteiger partial charge < -0.3 is 5.11 Å². The second kappa shape index (κ2) is 9.32. The van der Waals surface area contributed by atoms with Gasteiger partial charge in [-0.1, -0.05) is 6.07 Å². The fourth-order valence-electron chi connectivity index (χ4n) is 1.82. The van der Waals surface area contributed by atoms with Crippen molar-refractivity contribution in [3.8, 4) is 0 Å². The Labute approximate surface area is 146 Å². The molecule has 0 spiro atoms. The number of halogens is 1. The molecular weight excluding hydrogens is 416 g/mol. The van der Waals surface area contributed by atoms with E-state index in [4.69, 9.17) is 14.0 Å². The molecule has 0 aliphatic carbocycles. The molecule has 1 heterocycles. The summed E-state index contributed by atoms with van der Waals surface area (Å²) in [6, 6.07) is 25.6. The standard InChI is InChI=1S/C6H5NO2.2C6H5.ClH.Sn/c8-6(9)5-3-1-2-4-7-5;2*1-2-4-6-5-3-1;;/h1-4H,(H,8,9);2*1-5H;1H;/q;;;;+1/p-1. The molecule has 0 bridgehead atoms. The summed E-state index contributed by atoms with van der Waals surface area (Å²) in [5.41, 5.74) is 0.0810. The molecule has 0 aliphatic heterocycles. The van der Waals surface area contributed by atoms with Crippen LogP contribution in [-0.4, -0.2) is 34.7 Å². The molecule has 5 heteroatoms. The number of benzene rings is 2. The van der Waals surface area contributed by atoms with Crippen LogP contribution in [0.5, 0.6) is 0 Å². The Morgan fingerprint density at radius 2 is 1.30 bits per heavy atom. The zero-order chi connectivity index (χ0) is 16.5. The van der Waals surface area contributed by atoms with Crippen LogP contribution in [-0.2, 0) is 0 Å². The van der Waals surface area contributed by atoms with Crippen molar-refractivity contribution in [3.05, 3.63) is 90.8 Å². The Bertz CT molecular complexity index is 684. The van der Waals surface area contributed by atoms with Gasteiger partial charge >= 0.3 is 101 Å². The van der Waals surface area contributed by atoms with Crippen LogP contribution in [0.15, 0.2) is 85.1 Å². The number of carboxylic acid groups (broad SMARTS) is 1. The van der Waals surface area contributed by atoms with E-state index in [1.54, 1.807) is 12.1 Å². The summed E-state index contributed by atoms with van der Waals surface area (Å²) >= 11 is -2.03. The van der Waals surface area contributed by atoms with Gasteiger partial charge in [0.1, 0.15) is 5.69 Å². The first-order valence-corrected chi connectivity index (χ1v) is 13.4. The number of pyridine rings is 1. The Hall–Kier alpha value is -1.85. The van der Waals surface area contributed by atoms with Crippen LogP contribution in [0, 0.1) is 0 Å². The molecular formula is C18H15ClNO2Sn. The van der Waals surface area contributed by atoms with Gasteiger partial charge in [0.15, 0.2) is 0 Å². The summed E-state index contributed by atoms with van der Waals surface area (Å²) in [5.74, 6) is -0.990. The number of hydrogen-bond acceptors (Lipinski definition) is 2. The summed E-state index contributed by atoms with van der Waals surface area (Å²) in [5, 5.41) is 8.32. The minimum atomic E-state index is -2.03. The predicted molar refractivity (Wildman–Crippen MR) is 95.0 cm³/mol. The van der Waals surface area contributed by atoms with Crippen molar-refractivity contribution in [1.29, 1.82) is 0 Å². The number of carboxylic acids is 1. The summed E-state index contributed by atoms with van der Waals surface area (Å²) in [7, 11) is 6.53. The van der Waals surface area contributed by atoms with E-state index in [1.807, 2.05) is 12.1 Å². The van der Waals surface area contributed by atoms with Crippen LogP contribution >= 0.6 is 8.92 Å². The third-order valence-electron chi connectivity index (χ3n) is 2.94. The van der Waals surface area contributed by atoms with Crippen molar-refractivity contribution in [2.75, 3.05) is 0 Å². The molecule has 115 valence electrons. The van der Waals surface area contributed by atoms with E-state index in [0.717, 1.165) is 0 Å². The van der Waals surface area contributed by atoms with E-state index in [9.17, 15) is 4.79 Å². The topological polar surface area (TPSA) is 50.2 Å². The number of nitrogens with zero attached hydrogens (tertiary/aromatic N) is 1. The Morgan fingerprint density at radius 1 is 0.826 bits per heavy atom. The van der Waals surface area contributed by atoms with Crippen LogP contribution in [0.1, 0.15) is 10.5 Å². The van der Waals surface area contributed by atoms with Crippen LogP contribution in [0.4, 0.5) is 0 Å². The Balaban J connectivity index is 0.000000185. The first-order valence-electron chi connectivity index (χ1n) is 6.96. The third kappa shape index (κ3) is 5.69. The number of aromatic carboxylic acids is 1. The van der Waals surface area contributed by atoms with Crippen molar-refractivity contribution in [1.82, 2.24) is 4.98 Å². The SMILES string of the molecule is O=C(O)c1ccccn1.[Cl][Sn]([c]1ccccc1)[c]1ccccc1. The van der Waals surface area contributed by atoms with E-state index >= 15 is 0 Å². The molecule has 3 aromatic rings. The normalized spacial score (nSPS) is 9.83. The van der Waals surface area contributed by atoms with Gasteiger partial charge in [0.25, 0.3) is 0 Å². The van der Waals surface area contributed by atoms with E-state index in [2.05, 4.69) is 53.5 Å². The molecule has 0 unspecified atom stereocenters. The quantitative estimate of drug-likeness (QED) is 0.649. The van der Waals surface area contributed by atoms with Crippen LogP contribution < -0.4 is 7.16 Å². The molecule has 1 N–H and O–H groups in total. The van der Waals surface area contributed by atoms with E-state index in [-0.39, 0.29) is 5.69 Å².